The molecule has 0 radical (unpaired) electrons. The second-order valence-corrected chi connectivity index (χ2v) is 4.93. The van der Waals surface area contributed by atoms with Crippen molar-refractivity contribution in [1.29, 1.82) is 0 Å². The summed E-state index contributed by atoms with van der Waals surface area (Å²) in [6.07, 6.45) is 9.13. The fraction of sp³-hybridized carbons (Fsp3) is 0.538. The summed E-state index contributed by atoms with van der Waals surface area (Å²) in [6, 6.07) is 3.91. The summed E-state index contributed by atoms with van der Waals surface area (Å²) in [5.74, 6) is -0.105. The Morgan fingerprint density at radius 2 is 2.18 bits per heavy atom. The van der Waals surface area contributed by atoms with Crippen LogP contribution in [0.4, 0.5) is 0 Å². The van der Waals surface area contributed by atoms with Crippen molar-refractivity contribution in [3.8, 4) is 0 Å². The van der Waals surface area contributed by atoms with E-state index in [-0.39, 0.29) is 5.91 Å². The van der Waals surface area contributed by atoms with Crippen molar-refractivity contribution in [2.45, 2.75) is 43.5 Å². The zero-order valence-corrected chi connectivity index (χ0v) is 10.5. The molecule has 0 bridgehead atoms. The molecule has 1 amide bonds. The van der Waals surface area contributed by atoms with Gasteiger partial charge in [-0.15, -0.1) is 11.6 Å². The molecule has 1 aliphatic rings. The number of pyridine rings is 1. The van der Waals surface area contributed by atoms with Crippen molar-refractivity contribution in [2.24, 2.45) is 0 Å². The van der Waals surface area contributed by atoms with Gasteiger partial charge in [-0.2, -0.15) is 0 Å². The minimum Gasteiger partial charge on any atom is -0.352 e. The van der Waals surface area contributed by atoms with Gasteiger partial charge in [0.1, 0.15) is 5.38 Å². The smallest absolute Gasteiger partial charge is 0.242 e. The Balaban J connectivity index is 1.91. The molecule has 1 fully saturated rings. The Bertz CT molecular complexity index is 363. The first-order valence-corrected chi connectivity index (χ1v) is 6.55. The van der Waals surface area contributed by atoms with Crippen molar-refractivity contribution in [2.75, 3.05) is 0 Å². The standard InChI is InChI=1S/C13H17ClN2O/c14-12(10-5-4-8-15-9-10)13(17)16-11-6-2-1-3-7-11/h4-5,8-9,11-12H,1-3,6-7H2,(H,16,17). The van der Waals surface area contributed by atoms with Crippen molar-refractivity contribution in [3.63, 3.8) is 0 Å². The highest BCUT2D eigenvalue weighted by Crippen LogP contribution is 2.22. The maximum Gasteiger partial charge on any atom is 0.242 e. The van der Waals surface area contributed by atoms with E-state index in [0.29, 0.717) is 6.04 Å². The Kier molecular flexibility index (Phi) is 4.37. The molecule has 0 spiro atoms. The van der Waals surface area contributed by atoms with E-state index in [0.717, 1.165) is 18.4 Å². The number of alkyl halides is 1. The van der Waals surface area contributed by atoms with Gasteiger partial charge in [0.15, 0.2) is 0 Å². The molecule has 92 valence electrons. The van der Waals surface area contributed by atoms with E-state index in [4.69, 9.17) is 11.6 Å². The van der Waals surface area contributed by atoms with Crippen molar-refractivity contribution in [3.05, 3.63) is 30.1 Å². The van der Waals surface area contributed by atoms with Crippen LogP contribution in [0.2, 0.25) is 0 Å². The number of nitrogens with one attached hydrogen (secondary N) is 1. The number of halogens is 1. The van der Waals surface area contributed by atoms with Gasteiger partial charge in [-0.1, -0.05) is 25.3 Å². The van der Waals surface area contributed by atoms with Gasteiger partial charge < -0.3 is 5.32 Å². The Labute approximate surface area is 107 Å². The summed E-state index contributed by atoms with van der Waals surface area (Å²) >= 11 is 6.12. The number of carbonyl (C=O) groups is 1. The Morgan fingerprint density at radius 3 is 2.82 bits per heavy atom. The van der Waals surface area contributed by atoms with Gasteiger partial charge in [0.2, 0.25) is 5.91 Å². The molecule has 1 saturated carbocycles. The molecule has 17 heavy (non-hydrogen) atoms. The summed E-state index contributed by atoms with van der Waals surface area (Å²) in [6.45, 7) is 0. The van der Waals surface area contributed by atoms with E-state index in [1.807, 2.05) is 6.07 Å². The molecule has 1 aromatic heterocycles. The molecule has 3 nitrogen and oxygen atoms in total. The van der Waals surface area contributed by atoms with Gasteiger partial charge in [0.25, 0.3) is 0 Å². The van der Waals surface area contributed by atoms with Crippen LogP contribution in [0.3, 0.4) is 0 Å². The zero-order chi connectivity index (χ0) is 12.1. The van der Waals surface area contributed by atoms with E-state index in [9.17, 15) is 4.79 Å². The lowest BCUT2D eigenvalue weighted by atomic mass is 9.95. The van der Waals surface area contributed by atoms with Crippen molar-refractivity contribution >= 4 is 17.5 Å². The van der Waals surface area contributed by atoms with Gasteiger partial charge in [-0.3, -0.25) is 9.78 Å². The highest BCUT2D eigenvalue weighted by molar-refractivity contribution is 6.30. The molecule has 1 atom stereocenters. The van der Waals surface area contributed by atoms with Crippen LogP contribution < -0.4 is 5.32 Å². The maximum atomic E-state index is 11.9. The Hall–Kier alpha value is -1.09. The normalized spacial score (nSPS) is 18.6. The van der Waals surface area contributed by atoms with Gasteiger partial charge in [0, 0.05) is 18.4 Å². The highest BCUT2D eigenvalue weighted by Gasteiger charge is 2.22. The molecule has 1 aromatic rings. The number of hydrogen-bond donors (Lipinski definition) is 1. The number of rotatable bonds is 3. The lowest BCUT2D eigenvalue weighted by Gasteiger charge is -2.23. The first kappa shape index (κ1) is 12.4. The maximum absolute atomic E-state index is 11.9. The van der Waals surface area contributed by atoms with E-state index in [1.165, 1.54) is 19.3 Å². The number of carbonyl (C=O) groups excluding carboxylic acids is 1. The molecule has 2 rings (SSSR count). The van der Waals surface area contributed by atoms with Crippen LogP contribution in [0.15, 0.2) is 24.5 Å². The lowest BCUT2D eigenvalue weighted by Crippen LogP contribution is -2.38. The molecule has 4 heteroatoms. The van der Waals surface area contributed by atoms with E-state index in [1.54, 1.807) is 18.5 Å². The third-order valence-electron chi connectivity index (χ3n) is 3.16. The van der Waals surface area contributed by atoms with E-state index < -0.39 is 5.38 Å². The van der Waals surface area contributed by atoms with E-state index >= 15 is 0 Å². The van der Waals surface area contributed by atoms with Crippen LogP contribution in [-0.4, -0.2) is 16.9 Å². The van der Waals surface area contributed by atoms with Crippen LogP contribution in [0, 0.1) is 0 Å². The van der Waals surface area contributed by atoms with Crippen molar-refractivity contribution < 1.29 is 4.79 Å². The van der Waals surface area contributed by atoms with Crippen LogP contribution in [0.25, 0.3) is 0 Å². The molecule has 0 saturated heterocycles. The first-order chi connectivity index (χ1) is 8.27. The molecular formula is C13H17ClN2O. The van der Waals surface area contributed by atoms with Crippen LogP contribution >= 0.6 is 11.6 Å². The van der Waals surface area contributed by atoms with Crippen LogP contribution in [0.5, 0.6) is 0 Å². The van der Waals surface area contributed by atoms with Crippen LogP contribution in [-0.2, 0) is 4.79 Å². The number of hydrogen-bond acceptors (Lipinski definition) is 2. The molecule has 1 aliphatic carbocycles. The van der Waals surface area contributed by atoms with Gasteiger partial charge in [-0.25, -0.2) is 0 Å². The second-order valence-electron chi connectivity index (χ2n) is 4.49. The zero-order valence-electron chi connectivity index (χ0n) is 9.73. The summed E-state index contributed by atoms with van der Waals surface area (Å²) in [5.41, 5.74) is 0.752. The van der Waals surface area contributed by atoms with Crippen LogP contribution in [0.1, 0.15) is 43.0 Å². The van der Waals surface area contributed by atoms with Gasteiger partial charge in [0.05, 0.1) is 0 Å². The van der Waals surface area contributed by atoms with E-state index in [2.05, 4.69) is 10.3 Å². The number of amides is 1. The SMILES string of the molecule is O=C(NC1CCCCC1)C(Cl)c1cccnc1. The fourth-order valence-corrected chi connectivity index (χ4v) is 2.39. The number of aromatic nitrogens is 1. The molecular weight excluding hydrogens is 236 g/mol. The third kappa shape index (κ3) is 3.43. The topological polar surface area (TPSA) is 42.0 Å². The minimum absolute atomic E-state index is 0.105. The monoisotopic (exact) mass is 252 g/mol. The summed E-state index contributed by atoms with van der Waals surface area (Å²) in [5, 5.41) is 2.38. The third-order valence-corrected chi connectivity index (χ3v) is 3.61. The average Bonchev–Trinajstić information content (AvgIpc) is 2.40. The second kappa shape index (κ2) is 6.01. The predicted octanol–water partition coefficient (Wildman–Crippen LogP) is 2.81. The van der Waals surface area contributed by atoms with Gasteiger partial charge in [-0.05, 0) is 24.5 Å². The largest absolute Gasteiger partial charge is 0.352 e. The Morgan fingerprint density at radius 1 is 1.41 bits per heavy atom. The molecule has 0 aliphatic heterocycles. The first-order valence-electron chi connectivity index (χ1n) is 6.12. The minimum atomic E-state index is -0.634. The number of nitrogens with zero attached hydrogens (tertiary/aromatic N) is 1. The van der Waals surface area contributed by atoms with Crippen molar-refractivity contribution in [1.82, 2.24) is 10.3 Å². The molecule has 0 aromatic carbocycles. The fourth-order valence-electron chi connectivity index (χ4n) is 2.20. The average molecular weight is 253 g/mol. The highest BCUT2D eigenvalue weighted by atomic mass is 35.5. The lowest BCUT2D eigenvalue weighted by molar-refractivity contribution is -0.121. The summed E-state index contributed by atoms with van der Waals surface area (Å²) in [7, 11) is 0. The summed E-state index contributed by atoms with van der Waals surface area (Å²) in [4.78, 5) is 15.9. The summed E-state index contributed by atoms with van der Waals surface area (Å²) < 4.78 is 0. The quantitative estimate of drug-likeness (QED) is 0.841. The molecule has 1 N–H and O–H groups in total. The van der Waals surface area contributed by atoms with Gasteiger partial charge >= 0.3 is 0 Å². The molecule has 1 heterocycles. The molecule has 1 unspecified atom stereocenters. The predicted molar refractivity (Wildman–Crippen MR) is 67.8 cm³/mol.